The number of hydrogen-bond donors (Lipinski definition) is 3. The van der Waals surface area contributed by atoms with Crippen molar-refractivity contribution in [1.82, 2.24) is 0 Å². The molecule has 0 amide bonds. The molecule has 1 aromatic carbocycles. The number of carboxylic acid groups (broad SMARTS) is 1. The van der Waals surface area contributed by atoms with Crippen LogP contribution in [-0.2, 0) is 19.0 Å². The first-order valence-corrected chi connectivity index (χ1v) is 7.56. The van der Waals surface area contributed by atoms with Gasteiger partial charge in [-0.1, -0.05) is 12.1 Å². The third kappa shape index (κ3) is 5.60. The normalized spacial score (nSPS) is 16.6. The van der Waals surface area contributed by atoms with Crippen molar-refractivity contribution in [3.63, 3.8) is 0 Å². The van der Waals surface area contributed by atoms with Crippen molar-refractivity contribution in [3.05, 3.63) is 23.8 Å². The van der Waals surface area contributed by atoms with Crippen LogP contribution in [0.4, 0.5) is 0 Å². The Morgan fingerprint density at radius 2 is 2.12 bits per heavy atom. The van der Waals surface area contributed by atoms with Gasteiger partial charge in [0.15, 0.2) is 0 Å². The second kappa shape index (κ2) is 9.62. The second-order valence-electron chi connectivity index (χ2n) is 5.55. The van der Waals surface area contributed by atoms with E-state index in [0.29, 0.717) is 11.2 Å². The van der Waals surface area contributed by atoms with Gasteiger partial charge in [-0.15, -0.1) is 12.4 Å². The number of benzene rings is 1. The molecule has 25 heavy (non-hydrogen) atoms. The molecule has 1 aliphatic heterocycles. The Hall–Kier alpha value is -1.81. The van der Waals surface area contributed by atoms with Crippen LogP contribution >= 0.6 is 12.4 Å². The van der Waals surface area contributed by atoms with Crippen molar-refractivity contribution >= 4 is 36.9 Å². The maximum atomic E-state index is 10.9. The molecule has 138 valence electrons. The number of halogens is 1. The largest absolute Gasteiger partial charge is 0.495 e. The fraction of sp³-hybridized carbons (Fsp3) is 0.467. The van der Waals surface area contributed by atoms with Crippen LogP contribution < -0.4 is 15.9 Å². The highest BCUT2D eigenvalue weighted by Gasteiger charge is 2.37. The number of hydrogen-bond acceptors (Lipinski definition) is 7. The molecular weight excluding hydrogens is 352 g/mol. The Kier molecular flexibility index (Phi) is 8.17. The summed E-state index contributed by atoms with van der Waals surface area (Å²) in [7, 11) is -1.14. The van der Waals surface area contributed by atoms with Crippen molar-refractivity contribution in [2.75, 3.05) is 19.8 Å². The van der Waals surface area contributed by atoms with Crippen LogP contribution in [0, 0.1) is 5.92 Å². The molecule has 2 rings (SSSR count). The number of aliphatic carboxylic acids is 1. The molecule has 0 radical (unpaired) electrons. The van der Waals surface area contributed by atoms with Gasteiger partial charge in [0, 0.05) is 24.8 Å². The predicted octanol–water partition coefficient (Wildman–Crippen LogP) is -0.141. The lowest BCUT2D eigenvalue weighted by Crippen LogP contribution is -2.31. The molecule has 0 spiro atoms. The second-order valence-corrected chi connectivity index (χ2v) is 5.55. The Bertz CT molecular complexity index is 616. The molecule has 1 heterocycles. The lowest BCUT2D eigenvalue weighted by atomic mass is 9.78. The molecule has 0 fully saturated rings. The molecule has 4 N–H and O–H groups in total. The van der Waals surface area contributed by atoms with E-state index in [9.17, 15) is 14.6 Å². The minimum atomic E-state index is -1.14. The van der Waals surface area contributed by atoms with Gasteiger partial charge in [-0.25, -0.2) is 0 Å². The molecule has 0 saturated carbocycles. The molecule has 8 nitrogen and oxygen atoms in total. The summed E-state index contributed by atoms with van der Waals surface area (Å²) in [6.07, 6.45) is -0.610. The fourth-order valence-electron chi connectivity index (χ4n) is 2.57. The van der Waals surface area contributed by atoms with E-state index in [0.717, 1.165) is 5.56 Å². The number of rotatable bonds is 8. The van der Waals surface area contributed by atoms with Crippen LogP contribution in [0.3, 0.4) is 0 Å². The Morgan fingerprint density at radius 1 is 1.40 bits per heavy atom. The Morgan fingerprint density at radius 3 is 2.72 bits per heavy atom. The SMILES string of the molecule is CC(=O)OC[C@H](COc1cccc2c1B(O)O[C@@H]2CN)CC(=O)O.Cl. The zero-order valence-electron chi connectivity index (χ0n) is 13.7. The quantitative estimate of drug-likeness (QED) is 0.424. The lowest BCUT2D eigenvalue weighted by Gasteiger charge is -2.17. The number of carboxylic acids is 1. The van der Waals surface area contributed by atoms with E-state index in [1.165, 1.54) is 6.92 Å². The lowest BCUT2D eigenvalue weighted by molar-refractivity contribution is -0.146. The van der Waals surface area contributed by atoms with Gasteiger partial charge in [-0.2, -0.15) is 0 Å². The first-order valence-electron chi connectivity index (χ1n) is 7.56. The van der Waals surface area contributed by atoms with Crippen LogP contribution in [-0.4, -0.2) is 48.9 Å². The average Bonchev–Trinajstić information content (AvgIpc) is 2.86. The molecule has 1 aliphatic rings. The number of ether oxygens (including phenoxy) is 2. The van der Waals surface area contributed by atoms with E-state index in [1.807, 2.05) is 0 Å². The van der Waals surface area contributed by atoms with Crippen molar-refractivity contribution in [2.45, 2.75) is 19.4 Å². The standard InChI is InChI=1S/C15H20BNO7.ClH/c1-9(18)22-7-10(5-14(19)20)8-23-12-4-2-3-11-13(6-17)24-16(21)15(11)12;/h2-4,10,13,21H,5-8,17H2,1H3,(H,19,20);1H/t10-,13-;/m1./s1. The van der Waals surface area contributed by atoms with Gasteiger partial charge in [0.2, 0.25) is 0 Å². The van der Waals surface area contributed by atoms with Gasteiger partial charge in [-0.3, -0.25) is 9.59 Å². The summed E-state index contributed by atoms with van der Waals surface area (Å²) in [5.41, 5.74) is 6.86. The molecule has 0 saturated heterocycles. The molecule has 1 aromatic rings. The smallest absolute Gasteiger partial charge is 0.494 e. The Balaban J connectivity index is 0.00000312. The molecule has 0 aliphatic carbocycles. The summed E-state index contributed by atoms with van der Waals surface area (Å²) in [6, 6.07) is 5.20. The van der Waals surface area contributed by atoms with Crippen LogP contribution in [0.5, 0.6) is 5.75 Å². The van der Waals surface area contributed by atoms with E-state index >= 15 is 0 Å². The number of carbonyl (C=O) groups is 2. The summed E-state index contributed by atoms with van der Waals surface area (Å²) in [6.45, 7) is 1.45. The zero-order valence-corrected chi connectivity index (χ0v) is 14.5. The summed E-state index contributed by atoms with van der Waals surface area (Å²) >= 11 is 0. The number of carbonyl (C=O) groups excluding carboxylic acids is 1. The van der Waals surface area contributed by atoms with Crippen molar-refractivity contribution in [1.29, 1.82) is 0 Å². The van der Waals surface area contributed by atoms with E-state index in [-0.39, 0.29) is 38.6 Å². The molecule has 0 bridgehead atoms. The summed E-state index contributed by atoms with van der Waals surface area (Å²) in [5, 5.41) is 19.0. The Labute approximate surface area is 151 Å². The topological polar surface area (TPSA) is 128 Å². The summed E-state index contributed by atoms with van der Waals surface area (Å²) in [4.78, 5) is 21.8. The van der Waals surface area contributed by atoms with Crippen LogP contribution in [0.25, 0.3) is 0 Å². The minimum Gasteiger partial charge on any atom is -0.494 e. The minimum absolute atomic E-state index is 0. The number of nitrogens with two attached hydrogens (primary N) is 1. The fourth-order valence-corrected chi connectivity index (χ4v) is 2.57. The first-order chi connectivity index (χ1) is 11.4. The maximum Gasteiger partial charge on any atom is 0.495 e. The average molecular weight is 374 g/mol. The first kappa shape index (κ1) is 21.2. The summed E-state index contributed by atoms with van der Waals surface area (Å²) < 4.78 is 15.9. The predicted molar refractivity (Wildman–Crippen MR) is 92.0 cm³/mol. The van der Waals surface area contributed by atoms with E-state index in [2.05, 4.69) is 0 Å². The zero-order chi connectivity index (χ0) is 17.7. The van der Waals surface area contributed by atoms with Crippen LogP contribution in [0.15, 0.2) is 18.2 Å². The van der Waals surface area contributed by atoms with Crippen LogP contribution in [0.2, 0.25) is 0 Å². The highest BCUT2D eigenvalue weighted by atomic mass is 35.5. The van der Waals surface area contributed by atoms with Crippen molar-refractivity contribution in [3.8, 4) is 5.75 Å². The molecule has 0 aromatic heterocycles. The third-order valence-corrected chi connectivity index (χ3v) is 3.66. The summed E-state index contributed by atoms with van der Waals surface area (Å²) in [5.74, 6) is -1.61. The van der Waals surface area contributed by atoms with Gasteiger partial charge < -0.3 is 30.0 Å². The highest BCUT2D eigenvalue weighted by molar-refractivity contribution is 6.62. The number of esters is 1. The van der Waals surface area contributed by atoms with Crippen molar-refractivity contribution < 1.29 is 33.8 Å². The van der Waals surface area contributed by atoms with Crippen molar-refractivity contribution in [2.24, 2.45) is 11.7 Å². The molecule has 0 unspecified atom stereocenters. The van der Waals surface area contributed by atoms with Gasteiger partial charge in [0.25, 0.3) is 0 Å². The van der Waals surface area contributed by atoms with E-state index in [4.69, 9.17) is 25.0 Å². The van der Waals surface area contributed by atoms with Gasteiger partial charge in [0.05, 0.1) is 25.7 Å². The van der Waals surface area contributed by atoms with E-state index in [1.54, 1.807) is 18.2 Å². The van der Waals surface area contributed by atoms with E-state index < -0.39 is 31.1 Å². The van der Waals surface area contributed by atoms with Gasteiger partial charge in [0.1, 0.15) is 5.75 Å². The third-order valence-electron chi connectivity index (χ3n) is 3.66. The van der Waals surface area contributed by atoms with Gasteiger partial charge in [-0.05, 0) is 11.6 Å². The highest BCUT2D eigenvalue weighted by Crippen LogP contribution is 2.27. The maximum absolute atomic E-state index is 10.9. The van der Waals surface area contributed by atoms with Gasteiger partial charge >= 0.3 is 19.1 Å². The molecule has 10 heteroatoms. The van der Waals surface area contributed by atoms with Crippen LogP contribution in [0.1, 0.15) is 25.0 Å². The number of fused-ring (bicyclic) bond motifs is 1. The molecular formula is C15H21BClNO7. The monoisotopic (exact) mass is 373 g/mol. The molecule has 2 atom stereocenters.